The lowest BCUT2D eigenvalue weighted by molar-refractivity contribution is 0.0327. The van der Waals surface area contributed by atoms with Crippen LogP contribution >= 0.6 is 22.7 Å². The van der Waals surface area contributed by atoms with E-state index in [1.807, 2.05) is 9.03 Å². The second-order valence-corrected chi connectivity index (χ2v) is 9.12. The van der Waals surface area contributed by atoms with Crippen LogP contribution in [0, 0.1) is 0 Å². The first-order valence-electron chi connectivity index (χ1n) is 9.86. The molecular formula is C16H20N10O2S2. The first-order valence-corrected chi connectivity index (χ1v) is 11.5. The van der Waals surface area contributed by atoms with E-state index in [0.29, 0.717) is 13.1 Å². The summed E-state index contributed by atoms with van der Waals surface area (Å²) in [5.41, 5.74) is 0. The predicted octanol–water partition coefficient (Wildman–Crippen LogP) is 0.0164. The van der Waals surface area contributed by atoms with Crippen LogP contribution in [-0.4, -0.2) is 102 Å². The Morgan fingerprint density at radius 2 is 1.07 bits per heavy atom. The average molecular weight is 449 g/mol. The lowest BCUT2D eigenvalue weighted by Gasteiger charge is -2.25. The van der Waals surface area contributed by atoms with Gasteiger partial charge in [0.05, 0.1) is 39.5 Å². The molecule has 2 aliphatic heterocycles. The van der Waals surface area contributed by atoms with Crippen molar-refractivity contribution in [3.8, 4) is 10.0 Å². The van der Waals surface area contributed by atoms with Crippen molar-refractivity contribution in [1.82, 2.24) is 49.4 Å². The standard InChI is InChI=1S/C16H20N10O2S2/c1-5-27-6-2-23(1)9-11-17-19-15-25(11)21-13(29-15)14-22-26-12(18-20-16(26)30-14)10-24-3-7-28-8-4-24/h1-10H2. The lowest BCUT2D eigenvalue weighted by atomic mass is 10.4. The SMILES string of the molecule is C1CN(Cc2nnc3sc(-c4nn5c(CN6CCOCC6)nnc5s4)nn23)CCO1. The van der Waals surface area contributed by atoms with Crippen molar-refractivity contribution in [3.05, 3.63) is 11.6 Å². The molecule has 0 unspecified atom stereocenters. The van der Waals surface area contributed by atoms with Gasteiger partial charge < -0.3 is 9.47 Å². The number of fused-ring (bicyclic) bond motifs is 2. The van der Waals surface area contributed by atoms with Gasteiger partial charge in [-0.1, -0.05) is 22.7 Å². The highest BCUT2D eigenvalue weighted by Gasteiger charge is 2.21. The molecule has 12 nitrogen and oxygen atoms in total. The summed E-state index contributed by atoms with van der Waals surface area (Å²) in [7, 11) is 0. The Labute approximate surface area is 179 Å². The van der Waals surface area contributed by atoms with Gasteiger partial charge in [-0.15, -0.1) is 20.4 Å². The normalized spacial score (nSPS) is 19.3. The molecule has 0 N–H and O–H groups in total. The summed E-state index contributed by atoms with van der Waals surface area (Å²) in [5.74, 6) is 1.68. The fourth-order valence-electron chi connectivity index (χ4n) is 3.60. The van der Waals surface area contributed by atoms with Crippen molar-refractivity contribution in [1.29, 1.82) is 0 Å². The Hall–Kier alpha value is -2.10. The minimum atomic E-state index is 0.711. The highest BCUT2D eigenvalue weighted by Crippen LogP contribution is 2.29. The number of hydrogen-bond donors (Lipinski definition) is 0. The molecule has 158 valence electrons. The summed E-state index contributed by atoms with van der Waals surface area (Å²) in [6, 6.07) is 0. The van der Waals surface area contributed by atoms with E-state index in [9.17, 15) is 0 Å². The molecule has 0 aromatic carbocycles. The minimum Gasteiger partial charge on any atom is -0.379 e. The van der Waals surface area contributed by atoms with Crippen LogP contribution < -0.4 is 0 Å². The zero-order valence-corrected chi connectivity index (χ0v) is 17.8. The second-order valence-electron chi connectivity index (χ2n) is 7.21. The highest BCUT2D eigenvalue weighted by atomic mass is 32.1. The fourth-order valence-corrected chi connectivity index (χ4v) is 5.33. The zero-order valence-electron chi connectivity index (χ0n) is 16.2. The molecule has 14 heteroatoms. The van der Waals surface area contributed by atoms with Gasteiger partial charge in [-0.2, -0.15) is 19.2 Å². The Balaban J connectivity index is 1.25. The lowest BCUT2D eigenvalue weighted by Crippen LogP contribution is -2.36. The molecule has 6 heterocycles. The molecule has 0 spiro atoms. The molecule has 6 rings (SSSR count). The molecule has 30 heavy (non-hydrogen) atoms. The number of aromatic nitrogens is 8. The smallest absolute Gasteiger partial charge is 0.235 e. The monoisotopic (exact) mass is 448 g/mol. The van der Waals surface area contributed by atoms with Gasteiger partial charge >= 0.3 is 0 Å². The van der Waals surface area contributed by atoms with Gasteiger partial charge in [0.15, 0.2) is 21.7 Å². The number of rotatable bonds is 5. The van der Waals surface area contributed by atoms with Gasteiger partial charge in [0.1, 0.15) is 0 Å². The van der Waals surface area contributed by atoms with E-state index < -0.39 is 0 Å². The number of morpholine rings is 2. The Morgan fingerprint density at radius 3 is 1.50 bits per heavy atom. The molecule has 2 aliphatic rings. The van der Waals surface area contributed by atoms with Gasteiger partial charge in [0, 0.05) is 26.2 Å². The van der Waals surface area contributed by atoms with E-state index in [0.717, 1.165) is 84.2 Å². The predicted molar refractivity (Wildman–Crippen MR) is 109 cm³/mol. The van der Waals surface area contributed by atoms with E-state index in [1.165, 1.54) is 22.7 Å². The molecule has 2 fully saturated rings. The summed E-state index contributed by atoms with van der Waals surface area (Å²) in [5, 5.41) is 28.3. The van der Waals surface area contributed by atoms with Crippen molar-refractivity contribution < 1.29 is 9.47 Å². The summed E-state index contributed by atoms with van der Waals surface area (Å²) < 4.78 is 14.5. The number of nitrogens with zero attached hydrogens (tertiary/aromatic N) is 10. The van der Waals surface area contributed by atoms with Crippen LogP contribution in [0.15, 0.2) is 0 Å². The topological polar surface area (TPSA) is 111 Å². The second kappa shape index (κ2) is 7.86. The highest BCUT2D eigenvalue weighted by molar-refractivity contribution is 7.26. The zero-order chi connectivity index (χ0) is 19.9. The van der Waals surface area contributed by atoms with Crippen molar-refractivity contribution in [2.75, 3.05) is 52.6 Å². The van der Waals surface area contributed by atoms with Crippen LogP contribution in [0.2, 0.25) is 0 Å². The molecule has 0 atom stereocenters. The maximum Gasteiger partial charge on any atom is 0.235 e. The Kier molecular flexibility index (Phi) is 4.89. The van der Waals surface area contributed by atoms with E-state index >= 15 is 0 Å². The molecule has 4 aromatic rings. The van der Waals surface area contributed by atoms with Crippen LogP contribution in [0.3, 0.4) is 0 Å². The van der Waals surface area contributed by atoms with Gasteiger partial charge in [0.2, 0.25) is 9.92 Å². The molecule has 4 aromatic heterocycles. The van der Waals surface area contributed by atoms with Crippen molar-refractivity contribution in [3.63, 3.8) is 0 Å². The van der Waals surface area contributed by atoms with Crippen LogP contribution in [0.5, 0.6) is 0 Å². The van der Waals surface area contributed by atoms with Crippen LogP contribution in [-0.2, 0) is 22.6 Å². The average Bonchev–Trinajstić information content (AvgIpc) is 3.53. The first-order chi connectivity index (χ1) is 14.8. The maximum absolute atomic E-state index is 5.42. The first kappa shape index (κ1) is 18.7. The molecule has 0 radical (unpaired) electrons. The Morgan fingerprint density at radius 1 is 0.633 bits per heavy atom. The van der Waals surface area contributed by atoms with Gasteiger partial charge in [-0.05, 0) is 0 Å². The molecule has 0 amide bonds. The third kappa shape index (κ3) is 3.48. The van der Waals surface area contributed by atoms with Gasteiger partial charge in [0.25, 0.3) is 0 Å². The van der Waals surface area contributed by atoms with Crippen LogP contribution in [0.4, 0.5) is 0 Å². The summed E-state index contributed by atoms with van der Waals surface area (Å²) >= 11 is 2.98. The van der Waals surface area contributed by atoms with Crippen molar-refractivity contribution in [2.45, 2.75) is 13.1 Å². The molecule has 2 saturated heterocycles. The van der Waals surface area contributed by atoms with Crippen LogP contribution in [0.1, 0.15) is 11.6 Å². The number of hydrogen-bond acceptors (Lipinski definition) is 12. The number of ether oxygens (including phenoxy) is 2. The van der Waals surface area contributed by atoms with E-state index in [1.54, 1.807) is 0 Å². The van der Waals surface area contributed by atoms with E-state index in [2.05, 4.69) is 30.2 Å². The molecule has 0 bridgehead atoms. The van der Waals surface area contributed by atoms with E-state index in [-0.39, 0.29) is 0 Å². The van der Waals surface area contributed by atoms with E-state index in [4.69, 9.17) is 19.7 Å². The van der Waals surface area contributed by atoms with Gasteiger partial charge in [-0.25, -0.2) is 0 Å². The third-order valence-corrected chi connectivity index (χ3v) is 7.17. The summed E-state index contributed by atoms with van der Waals surface area (Å²) in [6.07, 6.45) is 0. The molecule has 0 saturated carbocycles. The summed E-state index contributed by atoms with van der Waals surface area (Å²) in [4.78, 5) is 6.15. The van der Waals surface area contributed by atoms with Crippen molar-refractivity contribution >= 4 is 32.6 Å². The quantitative estimate of drug-likeness (QED) is 0.414. The van der Waals surface area contributed by atoms with Crippen LogP contribution in [0.25, 0.3) is 19.9 Å². The minimum absolute atomic E-state index is 0.711. The largest absolute Gasteiger partial charge is 0.379 e. The van der Waals surface area contributed by atoms with Gasteiger partial charge in [-0.3, -0.25) is 9.80 Å². The third-order valence-electron chi connectivity index (χ3n) is 5.23. The Bertz CT molecular complexity index is 1060. The summed E-state index contributed by atoms with van der Waals surface area (Å²) in [6.45, 7) is 8.03. The van der Waals surface area contributed by atoms with Crippen molar-refractivity contribution in [2.24, 2.45) is 0 Å². The maximum atomic E-state index is 5.42. The molecular weight excluding hydrogens is 428 g/mol. The molecule has 0 aliphatic carbocycles. The fraction of sp³-hybridized carbons (Fsp3) is 0.625.